The van der Waals surface area contributed by atoms with Gasteiger partial charge in [0, 0.05) is 24.3 Å². The normalized spacial score (nSPS) is 13.0. The Balaban J connectivity index is 1.50. The van der Waals surface area contributed by atoms with Gasteiger partial charge < -0.3 is 9.47 Å². The Hall–Kier alpha value is -3.17. The number of thiazole rings is 1. The average molecular weight is 418 g/mol. The van der Waals surface area contributed by atoms with Crippen molar-refractivity contribution in [2.75, 3.05) is 18.5 Å². The molecule has 0 unspecified atom stereocenters. The summed E-state index contributed by atoms with van der Waals surface area (Å²) in [4.78, 5) is 26.9. The summed E-state index contributed by atoms with van der Waals surface area (Å²) in [5.74, 6) is 0.879. The maximum atomic E-state index is 12.2. The average Bonchev–Trinajstić information content (AvgIpc) is 3.06. The first-order valence-corrected chi connectivity index (χ1v) is 9.32. The molecule has 10 heteroatoms. The van der Waals surface area contributed by atoms with E-state index in [0.29, 0.717) is 40.9 Å². The highest BCUT2D eigenvalue weighted by Crippen LogP contribution is 2.37. The quantitative estimate of drug-likeness (QED) is 0.386. The lowest BCUT2D eigenvalue weighted by molar-refractivity contribution is -0.384. The zero-order valence-electron chi connectivity index (χ0n) is 14.2. The summed E-state index contributed by atoms with van der Waals surface area (Å²) in [5.41, 5.74) is 0.961. The van der Waals surface area contributed by atoms with Crippen LogP contribution in [0.3, 0.4) is 0 Å². The van der Waals surface area contributed by atoms with Gasteiger partial charge in [-0.15, -0.1) is 0 Å². The molecule has 0 radical (unpaired) electrons. The first-order chi connectivity index (χ1) is 13.5. The Labute approximate surface area is 167 Å². The van der Waals surface area contributed by atoms with Crippen LogP contribution >= 0.6 is 22.9 Å². The third-order valence-corrected chi connectivity index (χ3v) is 5.13. The number of nitrogens with zero attached hydrogens (tertiary/aromatic N) is 2. The van der Waals surface area contributed by atoms with Crippen molar-refractivity contribution in [2.24, 2.45) is 0 Å². The minimum atomic E-state index is -0.576. The third-order valence-electron chi connectivity index (χ3n) is 3.88. The fourth-order valence-electron chi connectivity index (χ4n) is 2.61. The number of nitro benzene ring substituents is 1. The van der Waals surface area contributed by atoms with E-state index in [-0.39, 0.29) is 10.7 Å². The Morgan fingerprint density at radius 3 is 2.75 bits per heavy atom. The van der Waals surface area contributed by atoms with Crippen molar-refractivity contribution in [3.63, 3.8) is 0 Å². The van der Waals surface area contributed by atoms with E-state index >= 15 is 0 Å². The molecule has 1 N–H and O–H groups in total. The number of ether oxygens (including phenoxy) is 2. The Morgan fingerprint density at radius 1 is 1.25 bits per heavy atom. The van der Waals surface area contributed by atoms with Crippen LogP contribution in [0.1, 0.15) is 5.56 Å². The van der Waals surface area contributed by atoms with Crippen molar-refractivity contribution >= 4 is 56.0 Å². The van der Waals surface area contributed by atoms with E-state index in [2.05, 4.69) is 10.3 Å². The lowest BCUT2D eigenvalue weighted by atomic mass is 10.2. The van der Waals surface area contributed by atoms with E-state index in [1.54, 1.807) is 12.1 Å². The minimum absolute atomic E-state index is 0.0386. The number of rotatable bonds is 4. The first kappa shape index (κ1) is 18.2. The molecule has 0 spiro atoms. The number of carbonyl (C=O) groups is 1. The number of nitrogens with one attached hydrogen (secondary N) is 1. The van der Waals surface area contributed by atoms with Crippen molar-refractivity contribution < 1.29 is 19.2 Å². The van der Waals surface area contributed by atoms with E-state index in [9.17, 15) is 14.9 Å². The lowest BCUT2D eigenvalue weighted by Gasteiger charge is -2.17. The summed E-state index contributed by atoms with van der Waals surface area (Å²) in [6, 6.07) is 7.91. The molecule has 2 heterocycles. The SMILES string of the molecule is O=C(/C=C/c1ccc(Cl)c([N+](=O)[O-])c1)Nc1nc2cc3c(cc2s1)OCCO3. The summed E-state index contributed by atoms with van der Waals surface area (Å²) >= 11 is 7.09. The van der Waals surface area contributed by atoms with Gasteiger partial charge in [0.1, 0.15) is 18.2 Å². The van der Waals surface area contributed by atoms with Crippen LogP contribution in [-0.4, -0.2) is 29.0 Å². The van der Waals surface area contributed by atoms with E-state index in [4.69, 9.17) is 21.1 Å². The monoisotopic (exact) mass is 417 g/mol. The molecule has 4 rings (SSSR count). The molecule has 28 heavy (non-hydrogen) atoms. The summed E-state index contributed by atoms with van der Waals surface area (Å²) in [6.07, 6.45) is 2.74. The predicted molar refractivity (Wildman–Crippen MR) is 106 cm³/mol. The van der Waals surface area contributed by atoms with Gasteiger partial charge in [-0.05, 0) is 17.7 Å². The van der Waals surface area contributed by atoms with Gasteiger partial charge in [-0.2, -0.15) is 0 Å². The number of aromatic nitrogens is 1. The smallest absolute Gasteiger partial charge is 0.288 e. The molecule has 0 saturated heterocycles. The van der Waals surface area contributed by atoms with Crippen LogP contribution in [0.5, 0.6) is 11.5 Å². The first-order valence-electron chi connectivity index (χ1n) is 8.13. The molecule has 0 atom stereocenters. The fourth-order valence-corrected chi connectivity index (χ4v) is 3.68. The number of amides is 1. The van der Waals surface area contributed by atoms with Gasteiger partial charge in [0.2, 0.25) is 5.91 Å². The third kappa shape index (κ3) is 3.75. The van der Waals surface area contributed by atoms with Crippen LogP contribution in [0.25, 0.3) is 16.3 Å². The standard InChI is InChI=1S/C18H12ClN3O5S/c19-11-3-1-10(7-13(11)22(24)25)2-4-17(23)21-18-20-12-8-14-15(9-16(12)28-18)27-6-5-26-14/h1-4,7-9H,5-6H2,(H,20,21,23)/b4-2+. The van der Waals surface area contributed by atoms with Crippen LogP contribution in [-0.2, 0) is 4.79 Å². The minimum Gasteiger partial charge on any atom is -0.486 e. The van der Waals surface area contributed by atoms with E-state index in [1.165, 1.54) is 35.6 Å². The number of anilines is 1. The van der Waals surface area contributed by atoms with Crippen LogP contribution in [0.15, 0.2) is 36.4 Å². The second-order valence-corrected chi connectivity index (χ2v) is 7.21. The lowest BCUT2D eigenvalue weighted by Crippen LogP contribution is -2.15. The van der Waals surface area contributed by atoms with Gasteiger partial charge in [0.25, 0.3) is 5.69 Å². The van der Waals surface area contributed by atoms with E-state index in [0.717, 1.165) is 4.70 Å². The second kappa shape index (κ2) is 7.45. The highest BCUT2D eigenvalue weighted by Gasteiger charge is 2.16. The molecule has 0 saturated carbocycles. The summed E-state index contributed by atoms with van der Waals surface area (Å²) < 4.78 is 11.9. The van der Waals surface area contributed by atoms with Gasteiger partial charge in [-0.1, -0.05) is 29.0 Å². The predicted octanol–water partition coefficient (Wildman–Crippen LogP) is 4.28. The van der Waals surface area contributed by atoms with E-state index < -0.39 is 10.8 Å². The second-order valence-electron chi connectivity index (χ2n) is 5.77. The molecular formula is C18H12ClN3O5S. The molecule has 3 aromatic rings. The van der Waals surface area contributed by atoms with Crippen molar-refractivity contribution in [3.8, 4) is 11.5 Å². The number of benzene rings is 2. The maximum absolute atomic E-state index is 12.2. The van der Waals surface area contributed by atoms with Gasteiger partial charge >= 0.3 is 0 Å². The van der Waals surface area contributed by atoms with Crippen molar-refractivity contribution in [1.82, 2.24) is 4.98 Å². The van der Waals surface area contributed by atoms with Crippen molar-refractivity contribution in [1.29, 1.82) is 0 Å². The Kier molecular flexibility index (Phi) is 4.84. The molecule has 2 aromatic carbocycles. The molecule has 1 aromatic heterocycles. The molecule has 8 nitrogen and oxygen atoms in total. The zero-order chi connectivity index (χ0) is 19.7. The number of hydrogen-bond donors (Lipinski definition) is 1. The number of hydrogen-bond acceptors (Lipinski definition) is 7. The molecule has 142 valence electrons. The number of fused-ring (bicyclic) bond motifs is 2. The van der Waals surface area contributed by atoms with Crippen LogP contribution in [0, 0.1) is 10.1 Å². The summed E-state index contributed by atoms with van der Waals surface area (Å²) in [7, 11) is 0. The molecule has 1 aliphatic heterocycles. The topological polar surface area (TPSA) is 104 Å². The molecule has 1 amide bonds. The Bertz CT molecular complexity index is 1080. The number of carbonyl (C=O) groups excluding carboxylic acids is 1. The fraction of sp³-hybridized carbons (Fsp3) is 0.111. The highest BCUT2D eigenvalue weighted by molar-refractivity contribution is 7.22. The van der Waals surface area contributed by atoms with Crippen LogP contribution in [0.4, 0.5) is 10.8 Å². The Morgan fingerprint density at radius 2 is 2.00 bits per heavy atom. The molecule has 0 bridgehead atoms. The van der Waals surface area contributed by atoms with Gasteiger partial charge in [0.15, 0.2) is 16.6 Å². The van der Waals surface area contributed by atoms with Crippen molar-refractivity contribution in [2.45, 2.75) is 0 Å². The van der Waals surface area contributed by atoms with Crippen molar-refractivity contribution in [3.05, 3.63) is 57.1 Å². The molecule has 0 aliphatic carbocycles. The highest BCUT2D eigenvalue weighted by atomic mass is 35.5. The zero-order valence-corrected chi connectivity index (χ0v) is 15.7. The van der Waals surface area contributed by atoms with Gasteiger partial charge in [-0.25, -0.2) is 4.98 Å². The molecule has 1 aliphatic rings. The molecular weight excluding hydrogens is 406 g/mol. The van der Waals surface area contributed by atoms with Crippen LogP contribution < -0.4 is 14.8 Å². The number of halogens is 1. The van der Waals surface area contributed by atoms with Gasteiger partial charge in [-0.3, -0.25) is 20.2 Å². The van der Waals surface area contributed by atoms with Gasteiger partial charge in [0.05, 0.1) is 15.1 Å². The maximum Gasteiger partial charge on any atom is 0.288 e. The summed E-state index contributed by atoms with van der Waals surface area (Å²) in [5, 5.41) is 14.1. The van der Waals surface area contributed by atoms with E-state index in [1.807, 2.05) is 6.07 Å². The van der Waals surface area contributed by atoms with Crippen LogP contribution in [0.2, 0.25) is 5.02 Å². The largest absolute Gasteiger partial charge is 0.486 e. The molecule has 0 fully saturated rings. The number of nitro groups is 1. The summed E-state index contributed by atoms with van der Waals surface area (Å²) in [6.45, 7) is 0.981.